The van der Waals surface area contributed by atoms with Crippen molar-refractivity contribution in [2.75, 3.05) is 7.05 Å². The largest absolute Gasteiger partial charge is 0.476 e. The van der Waals surface area contributed by atoms with Gasteiger partial charge in [-0.1, -0.05) is 12.1 Å². The van der Waals surface area contributed by atoms with Crippen LogP contribution in [0.4, 0.5) is 0 Å². The number of amides is 1. The van der Waals surface area contributed by atoms with E-state index in [0.29, 0.717) is 16.9 Å². The van der Waals surface area contributed by atoms with Crippen LogP contribution in [0.5, 0.6) is 0 Å². The Bertz CT molecular complexity index is 853. The summed E-state index contributed by atoms with van der Waals surface area (Å²) in [4.78, 5) is 35.2. The smallest absolute Gasteiger partial charge is 0.356 e. The van der Waals surface area contributed by atoms with Crippen molar-refractivity contribution in [2.45, 2.75) is 6.54 Å². The Balaban J connectivity index is 0.000000290. The van der Waals surface area contributed by atoms with E-state index in [4.69, 9.17) is 5.11 Å². The number of aromatic nitrogens is 4. The lowest BCUT2D eigenvalue weighted by Gasteiger charge is -2.13. The number of para-hydroxylation sites is 1. The molecule has 1 aliphatic rings. The molecule has 122 valence electrons. The fraction of sp³-hybridized carbons (Fsp3) is 0.125. The highest BCUT2D eigenvalue weighted by atomic mass is 16.4. The number of aromatic carboxylic acids is 1. The van der Waals surface area contributed by atoms with Crippen LogP contribution < -0.4 is 0 Å². The second kappa shape index (κ2) is 6.37. The Morgan fingerprint density at radius 2 is 2.12 bits per heavy atom. The SMILES string of the molecule is CN1Cc2c(C(=O)O)ncn2-c2ccccc2C1=O.c1c[nH]cn1. The topological polar surface area (TPSA) is 104 Å². The average Bonchev–Trinajstić information content (AvgIpc) is 3.25. The van der Waals surface area contributed by atoms with Gasteiger partial charge in [-0.05, 0) is 12.1 Å². The Hall–Kier alpha value is -3.42. The highest BCUT2D eigenvalue weighted by Crippen LogP contribution is 2.25. The molecule has 24 heavy (non-hydrogen) atoms. The van der Waals surface area contributed by atoms with Crippen LogP contribution in [-0.2, 0) is 6.54 Å². The number of nitrogens with zero attached hydrogens (tertiary/aromatic N) is 4. The van der Waals surface area contributed by atoms with Crippen molar-refractivity contribution in [2.24, 2.45) is 0 Å². The first-order valence-corrected chi connectivity index (χ1v) is 7.16. The number of H-pyrrole nitrogens is 1. The summed E-state index contributed by atoms with van der Waals surface area (Å²) < 4.78 is 1.67. The Kier molecular flexibility index (Phi) is 4.11. The number of carboxylic acid groups (broad SMARTS) is 1. The molecule has 3 aromatic rings. The summed E-state index contributed by atoms with van der Waals surface area (Å²) in [5, 5.41) is 9.14. The van der Waals surface area contributed by atoms with Crippen LogP contribution in [0.25, 0.3) is 5.69 Å². The molecule has 0 aliphatic carbocycles. The molecule has 2 aromatic heterocycles. The van der Waals surface area contributed by atoms with Gasteiger partial charge in [-0.25, -0.2) is 14.8 Å². The molecule has 0 spiro atoms. The molecule has 4 rings (SSSR count). The van der Waals surface area contributed by atoms with Crippen molar-refractivity contribution in [3.63, 3.8) is 0 Å². The maximum absolute atomic E-state index is 12.2. The van der Waals surface area contributed by atoms with E-state index < -0.39 is 5.97 Å². The normalized spacial score (nSPS) is 12.5. The standard InChI is InChI=1S/C13H11N3O3.C3H4N2/c1-15-6-10-11(13(18)19)14-7-16(10)9-5-3-2-4-8(9)12(15)17;1-2-5-3-4-1/h2-5,7H,6H2,1H3,(H,18,19);1-3H,(H,4,5). The first-order chi connectivity index (χ1) is 11.6. The van der Waals surface area contributed by atoms with E-state index in [-0.39, 0.29) is 18.1 Å². The zero-order valence-electron chi connectivity index (χ0n) is 12.9. The molecule has 0 fully saturated rings. The number of aromatic amines is 1. The highest BCUT2D eigenvalue weighted by molar-refractivity contribution is 5.98. The molecule has 2 N–H and O–H groups in total. The monoisotopic (exact) mass is 325 g/mol. The Labute approximate surface area is 137 Å². The van der Waals surface area contributed by atoms with Crippen molar-refractivity contribution >= 4 is 11.9 Å². The van der Waals surface area contributed by atoms with E-state index in [1.807, 2.05) is 6.07 Å². The third-order valence-corrected chi connectivity index (χ3v) is 3.60. The predicted molar refractivity (Wildman–Crippen MR) is 84.9 cm³/mol. The molecule has 8 heteroatoms. The molecule has 0 atom stereocenters. The fourth-order valence-electron chi connectivity index (χ4n) is 2.49. The number of carboxylic acids is 1. The molecule has 0 radical (unpaired) electrons. The lowest BCUT2D eigenvalue weighted by atomic mass is 10.1. The van der Waals surface area contributed by atoms with Gasteiger partial charge in [-0.2, -0.15) is 0 Å². The molecular formula is C16H15N5O3. The van der Waals surface area contributed by atoms with E-state index in [1.165, 1.54) is 11.2 Å². The maximum Gasteiger partial charge on any atom is 0.356 e. The number of imidazole rings is 2. The van der Waals surface area contributed by atoms with Gasteiger partial charge in [0, 0.05) is 19.4 Å². The lowest BCUT2D eigenvalue weighted by Crippen LogP contribution is -2.25. The van der Waals surface area contributed by atoms with Crippen molar-refractivity contribution < 1.29 is 14.7 Å². The molecule has 0 saturated heterocycles. The van der Waals surface area contributed by atoms with E-state index >= 15 is 0 Å². The highest BCUT2D eigenvalue weighted by Gasteiger charge is 2.27. The van der Waals surface area contributed by atoms with Crippen molar-refractivity contribution in [1.29, 1.82) is 0 Å². The number of hydrogen-bond acceptors (Lipinski definition) is 4. The number of carbonyl (C=O) groups is 2. The number of hydrogen-bond donors (Lipinski definition) is 2. The molecule has 8 nitrogen and oxygen atoms in total. The fourth-order valence-corrected chi connectivity index (χ4v) is 2.49. The average molecular weight is 325 g/mol. The number of benzene rings is 1. The minimum absolute atomic E-state index is 0.0173. The van der Waals surface area contributed by atoms with Gasteiger partial charge in [-0.3, -0.25) is 9.36 Å². The third-order valence-electron chi connectivity index (χ3n) is 3.60. The van der Waals surface area contributed by atoms with Gasteiger partial charge in [0.05, 0.1) is 29.8 Å². The van der Waals surface area contributed by atoms with Gasteiger partial charge in [0.1, 0.15) is 6.33 Å². The second-order valence-corrected chi connectivity index (χ2v) is 5.15. The molecule has 3 heterocycles. The van der Waals surface area contributed by atoms with Crippen LogP contribution in [0.1, 0.15) is 26.5 Å². The molecular weight excluding hydrogens is 310 g/mol. The Morgan fingerprint density at radius 1 is 1.33 bits per heavy atom. The number of rotatable bonds is 1. The number of carbonyl (C=O) groups excluding carboxylic acids is 1. The van der Waals surface area contributed by atoms with Crippen molar-refractivity contribution in [3.8, 4) is 5.69 Å². The summed E-state index contributed by atoms with van der Waals surface area (Å²) in [7, 11) is 1.65. The van der Waals surface area contributed by atoms with Crippen LogP contribution in [0, 0.1) is 0 Å². The van der Waals surface area contributed by atoms with E-state index in [2.05, 4.69) is 15.0 Å². The number of nitrogens with one attached hydrogen (secondary N) is 1. The van der Waals surface area contributed by atoms with E-state index in [1.54, 1.807) is 48.5 Å². The van der Waals surface area contributed by atoms with Gasteiger partial charge in [0.15, 0.2) is 5.69 Å². The summed E-state index contributed by atoms with van der Waals surface area (Å²) >= 11 is 0. The first-order valence-electron chi connectivity index (χ1n) is 7.16. The van der Waals surface area contributed by atoms with Crippen LogP contribution >= 0.6 is 0 Å². The van der Waals surface area contributed by atoms with Crippen LogP contribution in [0.3, 0.4) is 0 Å². The molecule has 0 unspecified atom stereocenters. The first kappa shape index (κ1) is 15.5. The summed E-state index contributed by atoms with van der Waals surface area (Å²) in [5.74, 6) is -1.22. The zero-order chi connectivity index (χ0) is 17.1. The van der Waals surface area contributed by atoms with E-state index in [0.717, 1.165) is 0 Å². The molecule has 1 aromatic carbocycles. The number of fused-ring (bicyclic) bond motifs is 3. The van der Waals surface area contributed by atoms with E-state index in [9.17, 15) is 9.59 Å². The second-order valence-electron chi connectivity index (χ2n) is 5.15. The van der Waals surface area contributed by atoms with Crippen LogP contribution in [0.2, 0.25) is 0 Å². The van der Waals surface area contributed by atoms with Gasteiger partial charge >= 0.3 is 5.97 Å². The minimum Gasteiger partial charge on any atom is -0.476 e. The molecule has 0 saturated carbocycles. The van der Waals surface area contributed by atoms with Gasteiger partial charge in [0.2, 0.25) is 0 Å². The Morgan fingerprint density at radius 3 is 2.75 bits per heavy atom. The molecule has 1 amide bonds. The summed E-state index contributed by atoms with van der Waals surface area (Å²) in [6.45, 7) is 0.217. The predicted octanol–water partition coefficient (Wildman–Crippen LogP) is 1.57. The van der Waals surface area contributed by atoms with Gasteiger partial charge in [0.25, 0.3) is 5.91 Å². The third kappa shape index (κ3) is 2.76. The molecule has 1 aliphatic heterocycles. The minimum atomic E-state index is -1.09. The van der Waals surface area contributed by atoms with Crippen LogP contribution in [-0.4, -0.2) is 48.4 Å². The van der Waals surface area contributed by atoms with Gasteiger partial charge < -0.3 is 15.0 Å². The summed E-state index contributed by atoms with van der Waals surface area (Å²) in [5.41, 5.74) is 1.69. The zero-order valence-corrected chi connectivity index (χ0v) is 12.9. The molecule has 0 bridgehead atoms. The summed E-state index contributed by atoms with van der Waals surface area (Å²) in [6.07, 6.45) is 6.53. The van der Waals surface area contributed by atoms with Crippen LogP contribution in [0.15, 0.2) is 49.3 Å². The van der Waals surface area contributed by atoms with Crippen molar-refractivity contribution in [3.05, 3.63) is 66.3 Å². The summed E-state index contributed by atoms with van der Waals surface area (Å²) in [6, 6.07) is 7.10. The maximum atomic E-state index is 12.2. The lowest BCUT2D eigenvalue weighted by molar-refractivity contribution is 0.0683. The quantitative estimate of drug-likeness (QED) is 0.706. The van der Waals surface area contributed by atoms with Crippen molar-refractivity contribution in [1.82, 2.24) is 24.4 Å². The van der Waals surface area contributed by atoms with Gasteiger partial charge in [-0.15, -0.1) is 0 Å².